The summed E-state index contributed by atoms with van der Waals surface area (Å²) in [5, 5.41) is 3.28. The second kappa shape index (κ2) is 7.68. The molecule has 3 rings (SSSR count). The third-order valence-corrected chi connectivity index (χ3v) is 4.87. The number of amides is 2. The van der Waals surface area contributed by atoms with Gasteiger partial charge in [0.15, 0.2) is 0 Å². The van der Waals surface area contributed by atoms with E-state index < -0.39 is 11.7 Å². The van der Waals surface area contributed by atoms with Gasteiger partial charge in [-0.05, 0) is 36.8 Å². The van der Waals surface area contributed by atoms with E-state index in [9.17, 15) is 18.0 Å². The number of hydrogen-bond donors (Lipinski definition) is 1. The fourth-order valence-electron chi connectivity index (χ4n) is 3.02. The molecule has 2 amide bonds. The topological polar surface area (TPSA) is 35.6 Å². The number of rotatable bonds is 2. The van der Waals surface area contributed by atoms with Crippen molar-refractivity contribution in [2.75, 3.05) is 36.4 Å². The zero-order chi connectivity index (χ0) is 19.6. The molecule has 0 radical (unpaired) electrons. The van der Waals surface area contributed by atoms with Crippen molar-refractivity contribution in [3.05, 3.63) is 58.6 Å². The first-order valence-corrected chi connectivity index (χ1v) is 8.87. The van der Waals surface area contributed by atoms with Gasteiger partial charge in [-0.3, -0.25) is 0 Å². The fourth-order valence-corrected chi connectivity index (χ4v) is 3.29. The van der Waals surface area contributed by atoms with Gasteiger partial charge in [0.05, 0.1) is 16.3 Å². The molecule has 0 aliphatic carbocycles. The highest BCUT2D eigenvalue weighted by Crippen LogP contribution is 2.32. The van der Waals surface area contributed by atoms with Crippen LogP contribution in [-0.4, -0.2) is 37.1 Å². The Morgan fingerprint density at radius 2 is 1.74 bits per heavy atom. The van der Waals surface area contributed by atoms with E-state index in [1.54, 1.807) is 23.1 Å². The number of halogens is 4. The first-order valence-electron chi connectivity index (χ1n) is 8.49. The Morgan fingerprint density at radius 1 is 1.07 bits per heavy atom. The van der Waals surface area contributed by atoms with Crippen molar-refractivity contribution < 1.29 is 18.0 Å². The number of hydrogen-bond acceptors (Lipinski definition) is 2. The Kier molecular flexibility index (Phi) is 5.51. The molecule has 2 aromatic carbocycles. The minimum atomic E-state index is -4.37. The molecule has 0 aromatic heterocycles. The normalized spacial score (nSPS) is 15.0. The molecule has 27 heavy (non-hydrogen) atoms. The Morgan fingerprint density at radius 3 is 2.37 bits per heavy atom. The summed E-state index contributed by atoms with van der Waals surface area (Å²) in [6, 6.07) is 10.3. The van der Waals surface area contributed by atoms with E-state index in [1.807, 2.05) is 17.9 Å². The fraction of sp³-hybridized carbons (Fsp3) is 0.316. The summed E-state index contributed by atoms with van der Waals surface area (Å²) in [7, 11) is 0. The SMILES string of the molecule is Cc1cccc(Cl)c1NC(=O)N1CCN(c2cccc(C(F)(F)F)c2)CC1. The number of alkyl halides is 3. The lowest BCUT2D eigenvalue weighted by Gasteiger charge is -2.36. The van der Waals surface area contributed by atoms with Crippen LogP contribution in [0.25, 0.3) is 0 Å². The minimum Gasteiger partial charge on any atom is -0.368 e. The summed E-state index contributed by atoms with van der Waals surface area (Å²) in [6.45, 7) is 3.58. The number of urea groups is 1. The minimum absolute atomic E-state index is 0.269. The van der Waals surface area contributed by atoms with Crippen LogP contribution in [0.5, 0.6) is 0 Å². The summed E-state index contributed by atoms with van der Waals surface area (Å²) in [6.07, 6.45) is -4.37. The van der Waals surface area contributed by atoms with E-state index in [0.29, 0.717) is 42.6 Å². The van der Waals surface area contributed by atoms with Crippen molar-refractivity contribution in [1.29, 1.82) is 0 Å². The van der Waals surface area contributed by atoms with Crippen molar-refractivity contribution in [3.8, 4) is 0 Å². The molecule has 0 bridgehead atoms. The second-order valence-corrected chi connectivity index (χ2v) is 6.79. The smallest absolute Gasteiger partial charge is 0.368 e. The van der Waals surface area contributed by atoms with Crippen LogP contribution in [0.15, 0.2) is 42.5 Å². The number of para-hydroxylation sites is 1. The van der Waals surface area contributed by atoms with E-state index in [-0.39, 0.29) is 6.03 Å². The molecule has 1 saturated heterocycles. The standard InChI is InChI=1S/C19H19ClF3N3O/c1-13-4-2-7-16(20)17(13)24-18(27)26-10-8-25(9-11-26)15-6-3-5-14(12-15)19(21,22)23/h2-7,12H,8-11H2,1H3,(H,24,27). The zero-order valence-electron chi connectivity index (χ0n) is 14.7. The molecule has 1 heterocycles. The molecule has 4 nitrogen and oxygen atoms in total. The molecule has 0 spiro atoms. The van der Waals surface area contributed by atoms with Crippen LogP contribution in [0.3, 0.4) is 0 Å². The van der Waals surface area contributed by atoms with Crippen LogP contribution < -0.4 is 10.2 Å². The van der Waals surface area contributed by atoms with Gasteiger partial charge in [0.1, 0.15) is 0 Å². The number of aryl methyl sites for hydroxylation is 1. The van der Waals surface area contributed by atoms with Gasteiger partial charge in [0.2, 0.25) is 0 Å². The van der Waals surface area contributed by atoms with E-state index in [2.05, 4.69) is 5.32 Å². The Bertz CT molecular complexity index is 813. The highest BCUT2D eigenvalue weighted by atomic mass is 35.5. The zero-order valence-corrected chi connectivity index (χ0v) is 15.4. The first kappa shape index (κ1) is 19.4. The molecule has 8 heteroatoms. The molecule has 144 valence electrons. The first-order chi connectivity index (χ1) is 12.8. The number of piperazine rings is 1. The van der Waals surface area contributed by atoms with Crippen LogP contribution in [-0.2, 0) is 6.18 Å². The Labute approximate surface area is 160 Å². The van der Waals surface area contributed by atoms with Gasteiger partial charge >= 0.3 is 12.2 Å². The van der Waals surface area contributed by atoms with Crippen LogP contribution in [0, 0.1) is 6.92 Å². The van der Waals surface area contributed by atoms with E-state index in [0.717, 1.165) is 17.7 Å². The number of carbonyl (C=O) groups is 1. The summed E-state index contributed by atoms with van der Waals surface area (Å²) in [5.41, 5.74) is 1.27. The Hall–Kier alpha value is -2.41. The van der Waals surface area contributed by atoms with Crippen LogP contribution in [0.2, 0.25) is 5.02 Å². The summed E-state index contributed by atoms with van der Waals surface area (Å²) in [4.78, 5) is 16.0. The van der Waals surface area contributed by atoms with Gasteiger partial charge < -0.3 is 15.1 Å². The number of carbonyl (C=O) groups excluding carboxylic acids is 1. The maximum absolute atomic E-state index is 12.9. The van der Waals surface area contributed by atoms with Crippen molar-refractivity contribution in [2.45, 2.75) is 13.1 Å². The average molecular weight is 398 g/mol. The van der Waals surface area contributed by atoms with Crippen molar-refractivity contribution >= 4 is 29.0 Å². The number of nitrogens with one attached hydrogen (secondary N) is 1. The van der Waals surface area contributed by atoms with Gasteiger partial charge in [-0.25, -0.2) is 4.79 Å². The second-order valence-electron chi connectivity index (χ2n) is 6.38. The van der Waals surface area contributed by atoms with Gasteiger partial charge in [0.25, 0.3) is 0 Å². The third-order valence-electron chi connectivity index (χ3n) is 4.56. The van der Waals surface area contributed by atoms with Crippen LogP contribution >= 0.6 is 11.6 Å². The molecule has 0 unspecified atom stereocenters. The Balaban J connectivity index is 1.63. The van der Waals surface area contributed by atoms with E-state index in [1.165, 1.54) is 6.07 Å². The molecular formula is C19H19ClF3N3O. The molecule has 2 aromatic rings. The highest BCUT2D eigenvalue weighted by Gasteiger charge is 2.31. The predicted molar refractivity (Wildman–Crippen MR) is 100 cm³/mol. The molecule has 1 aliphatic heterocycles. The number of benzene rings is 2. The van der Waals surface area contributed by atoms with Gasteiger partial charge in [-0.1, -0.05) is 29.8 Å². The molecule has 1 fully saturated rings. The van der Waals surface area contributed by atoms with Gasteiger partial charge in [-0.2, -0.15) is 13.2 Å². The molecule has 1 N–H and O–H groups in total. The van der Waals surface area contributed by atoms with Crippen molar-refractivity contribution in [2.24, 2.45) is 0 Å². The maximum atomic E-state index is 12.9. The molecule has 0 atom stereocenters. The number of anilines is 2. The predicted octanol–water partition coefficient (Wildman–Crippen LogP) is 5.02. The monoisotopic (exact) mass is 397 g/mol. The van der Waals surface area contributed by atoms with Crippen molar-refractivity contribution in [1.82, 2.24) is 4.90 Å². The van der Waals surface area contributed by atoms with Gasteiger partial charge in [-0.15, -0.1) is 0 Å². The number of nitrogens with zero attached hydrogens (tertiary/aromatic N) is 2. The lowest BCUT2D eigenvalue weighted by Crippen LogP contribution is -2.50. The molecule has 0 saturated carbocycles. The summed E-state index contributed by atoms with van der Waals surface area (Å²) >= 11 is 6.13. The average Bonchev–Trinajstić information content (AvgIpc) is 2.64. The molecule has 1 aliphatic rings. The third kappa shape index (κ3) is 4.47. The van der Waals surface area contributed by atoms with E-state index >= 15 is 0 Å². The quantitative estimate of drug-likeness (QED) is 0.772. The lowest BCUT2D eigenvalue weighted by molar-refractivity contribution is -0.137. The van der Waals surface area contributed by atoms with Crippen LogP contribution in [0.4, 0.5) is 29.3 Å². The van der Waals surface area contributed by atoms with Crippen LogP contribution in [0.1, 0.15) is 11.1 Å². The molecular weight excluding hydrogens is 379 g/mol. The lowest BCUT2D eigenvalue weighted by atomic mass is 10.1. The summed E-state index contributed by atoms with van der Waals surface area (Å²) in [5.74, 6) is 0. The largest absolute Gasteiger partial charge is 0.416 e. The van der Waals surface area contributed by atoms with Gasteiger partial charge in [0, 0.05) is 31.9 Å². The maximum Gasteiger partial charge on any atom is 0.416 e. The highest BCUT2D eigenvalue weighted by molar-refractivity contribution is 6.33. The van der Waals surface area contributed by atoms with Crippen molar-refractivity contribution in [3.63, 3.8) is 0 Å². The summed E-state index contributed by atoms with van der Waals surface area (Å²) < 4.78 is 38.7. The van der Waals surface area contributed by atoms with E-state index in [4.69, 9.17) is 11.6 Å².